The topological polar surface area (TPSA) is 66.8 Å². The molecule has 1 saturated heterocycles. The molecule has 0 spiro atoms. The Morgan fingerprint density at radius 3 is 2.46 bits per heavy atom. The molecule has 24 heavy (non-hydrogen) atoms. The summed E-state index contributed by atoms with van der Waals surface area (Å²) in [6.45, 7) is 0.139. The molecular formula is C17H18FNO4S. The zero-order valence-corrected chi connectivity index (χ0v) is 13.7. The third-order valence-corrected chi connectivity index (χ3v) is 5.86. The van der Waals surface area contributed by atoms with Crippen molar-refractivity contribution in [2.75, 3.05) is 19.7 Å². The van der Waals surface area contributed by atoms with Crippen LogP contribution in [-0.2, 0) is 10.0 Å². The predicted molar refractivity (Wildman–Crippen MR) is 86.7 cm³/mol. The number of rotatable bonds is 5. The summed E-state index contributed by atoms with van der Waals surface area (Å²) in [5.74, 6) is 0.119. The van der Waals surface area contributed by atoms with Gasteiger partial charge in [0, 0.05) is 13.1 Å². The Balaban J connectivity index is 1.68. The second kappa shape index (κ2) is 6.51. The average molecular weight is 351 g/mol. The van der Waals surface area contributed by atoms with Gasteiger partial charge < -0.3 is 9.84 Å². The first-order valence-electron chi connectivity index (χ1n) is 7.55. The van der Waals surface area contributed by atoms with Gasteiger partial charge in [0.25, 0.3) is 0 Å². The van der Waals surface area contributed by atoms with Crippen LogP contribution in [0.3, 0.4) is 0 Å². The van der Waals surface area contributed by atoms with E-state index >= 15 is 0 Å². The number of β-amino-alcohol motifs (C(OH)–C–C–N with tert-alkyl or cyclic N) is 1. The molecule has 7 heteroatoms. The summed E-state index contributed by atoms with van der Waals surface area (Å²) >= 11 is 0. The predicted octanol–water partition coefficient (Wildman–Crippen LogP) is 2.03. The number of halogens is 1. The van der Waals surface area contributed by atoms with Crippen LogP contribution in [0.15, 0.2) is 59.5 Å². The second-order valence-electron chi connectivity index (χ2n) is 5.87. The molecule has 1 heterocycles. The fraction of sp³-hybridized carbons (Fsp3) is 0.294. The molecule has 1 aliphatic rings. The number of ether oxygens (including phenoxy) is 1. The number of benzene rings is 2. The van der Waals surface area contributed by atoms with Gasteiger partial charge in [0.05, 0.1) is 4.90 Å². The Hall–Kier alpha value is -1.96. The lowest BCUT2D eigenvalue weighted by atomic mass is 10.1. The molecule has 5 nitrogen and oxygen atoms in total. The van der Waals surface area contributed by atoms with Gasteiger partial charge in [-0.05, 0) is 42.8 Å². The van der Waals surface area contributed by atoms with Crippen molar-refractivity contribution in [3.8, 4) is 5.75 Å². The third-order valence-electron chi connectivity index (χ3n) is 4.00. The molecule has 0 aromatic heterocycles. The Kier molecular flexibility index (Phi) is 4.58. The number of hydrogen-bond donors (Lipinski definition) is 1. The number of nitrogens with zero attached hydrogens (tertiary/aromatic N) is 1. The fourth-order valence-corrected chi connectivity index (χ4v) is 4.15. The standard InChI is InChI=1S/C17H18FNO4S/c18-14-6-8-16(9-7-14)24(21,22)19-11-10-17(20,12-19)13-23-15-4-2-1-3-5-15/h1-9,20H,10-13H2/t17-/m1/s1. The maximum absolute atomic E-state index is 13.0. The van der Waals surface area contributed by atoms with Gasteiger partial charge in [-0.15, -0.1) is 0 Å². The van der Waals surface area contributed by atoms with Gasteiger partial charge in [0.1, 0.15) is 23.8 Å². The van der Waals surface area contributed by atoms with E-state index in [1.165, 1.54) is 16.4 Å². The SMILES string of the molecule is O=S(=O)(c1ccc(F)cc1)N1CC[C@](O)(COc2ccccc2)C1. The Labute approximate surface area is 140 Å². The molecule has 0 amide bonds. The molecule has 2 aromatic rings. The van der Waals surface area contributed by atoms with E-state index in [0.717, 1.165) is 12.1 Å². The molecule has 0 radical (unpaired) electrons. The normalized spacial score (nSPS) is 21.8. The van der Waals surface area contributed by atoms with Crippen LogP contribution < -0.4 is 4.74 Å². The monoisotopic (exact) mass is 351 g/mol. The van der Waals surface area contributed by atoms with Gasteiger partial charge >= 0.3 is 0 Å². The van der Waals surface area contributed by atoms with Gasteiger partial charge in [-0.25, -0.2) is 12.8 Å². The quantitative estimate of drug-likeness (QED) is 0.895. The first-order valence-corrected chi connectivity index (χ1v) is 8.99. The van der Waals surface area contributed by atoms with Gasteiger partial charge in [0.15, 0.2) is 0 Å². The van der Waals surface area contributed by atoms with Crippen molar-refractivity contribution in [1.82, 2.24) is 4.31 Å². The number of hydrogen-bond acceptors (Lipinski definition) is 4. The Morgan fingerprint density at radius 1 is 1.12 bits per heavy atom. The first kappa shape index (κ1) is 16.9. The zero-order valence-electron chi connectivity index (χ0n) is 12.9. The molecule has 3 rings (SSSR count). The van der Waals surface area contributed by atoms with Gasteiger partial charge in [-0.2, -0.15) is 4.31 Å². The average Bonchev–Trinajstić information content (AvgIpc) is 2.98. The lowest BCUT2D eigenvalue weighted by Gasteiger charge is -2.23. The molecule has 1 atom stereocenters. The molecule has 1 aliphatic heterocycles. The third kappa shape index (κ3) is 3.58. The van der Waals surface area contributed by atoms with Crippen molar-refractivity contribution in [3.63, 3.8) is 0 Å². The van der Waals surface area contributed by atoms with Crippen LogP contribution in [-0.4, -0.2) is 43.1 Å². The molecule has 0 saturated carbocycles. The summed E-state index contributed by atoms with van der Waals surface area (Å²) in [6.07, 6.45) is 0.278. The van der Waals surface area contributed by atoms with Gasteiger partial charge in [0.2, 0.25) is 10.0 Å². The maximum atomic E-state index is 13.0. The first-order chi connectivity index (χ1) is 11.4. The Morgan fingerprint density at radius 2 is 1.79 bits per heavy atom. The van der Waals surface area contributed by atoms with Crippen molar-refractivity contribution in [1.29, 1.82) is 0 Å². The molecule has 0 bridgehead atoms. The number of sulfonamides is 1. The van der Waals surface area contributed by atoms with Crippen LogP contribution in [0, 0.1) is 5.82 Å². The van der Waals surface area contributed by atoms with Crippen molar-refractivity contribution in [2.24, 2.45) is 0 Å². The van der Waals surface area contributed by atoms with E-state index in [2.05, 4.69) is 0 Å². The summed E-state index contributed by atoms with van der Waals surface area (Å²) in [6, 6.07) is 13.7. The van der Waals surface area contributed by atoms with Crippen LogP contribution in [0.5, 0.6) is 5.75 Å². The molecule has 0 aliphatic carbocycles. The highest BCUT2D eigenvalue weighted by Crippen LogP contribution is 2.28. The molecule has 0 unspecified atom stereocenters. The van der Waals surface area contributed by atoms with E-state index in [-0.39, 0.29) is 31.0 Å². The van der Waals surface area contributed by atoms with Gasteiger partial charge in [-0.1, -0.05) is 18.2 Å². The van der Waals surface area contributed by atoms with Crippen LogP contribution in [0.4, 0.5) is 4.39 Å². The van der Waals surface area contributed by atoms with Crippen LogP contribution in [0.25, 0.3) is 0 Å². The number of aliphatic hydroxyl groups is 1. The van der Waals surface area contributed by atoms with Crippen LogP contribution in [0.2, 0.25) is 0 Å². The minimum Gasteiger partial charge on any atom is -0.491 e. The molecule has 2 aromatic carbocycles. The van der Waals surface area contributed by atoms with Crippen molar-refractivity contribution < 1.29 is 22.7 Å². The van der Waals surface area contributed by atoms with E-state index in [9.17, 15) is 17.9 Å². The van der Waals surface area contributed by atoms with E-state index < -0.39 is 21.4 Å². The molecule has 1 fully saturated rings. The lowest BCUT2D eigenvalue weighted by molar-refractivity contribution is 0.00875. The van der Waals surface area contributed by atoms with Crippen molar-refractivity contribution in [3.05, 3.63) is 60.4 Å². The van der Waals surface area contributed by atoms with Crippen LogP contribution in [0.1, 0.15) is 6.42 Å². The van der Waals surface area contributed by atoms with Crippen molar-refractivity contribution >= 4 is 10.0 Å². The highest BCUT2D eigenvalue weighted by atomic mass is 32.2. The molecular weight excluding hydrogens is 333 g/mol. The second-order valence-corrected chi connectivity index (χ2v) is 7.81. The molecule has 128 valence electrons. The van der Waals surface area contributed by atoms with E-state index in [1.807, 2.05) is 18.2 Å². The van der Waals surface area contributed by atoms with Crippen molar-refractivity contribution in [2.45, 2.75) is 16.9 Å². The maximum Gasteiger partial charge on any atom is 0.243 e. The smallest absolute Gasteiger partial charge is 0.243 e. The minimum atomic E-state index is -3.76. The number of para-hydroxylation sites is 1. The summed E-state index contributed by atoms with van der Waals surface area (Å²) < 4.78 is 44.8. The van der Waals surface area contributed by atoms with E-state index in [4.69, 9.17) is 4.74 Å². The highest BCUT2D eigenvalue weighted by molar-refractivity contribution is 7.89. The van der Waals surface area contributed by atoms with E-state index in [0.29, 0.717) is 5.75 Å². The summed E-state index contributed by atoms with van der Waals surface area (Å²) in [7, 11) is -3.76. The zero-order chi connectivity index (χ0) is 17.2. The minimum absolute atomic E-state index is 0.00640. The fourth-order valence-electron chi connectivity index (χ4n) is 2.63. The van der Waals surface area contributed by atoms with Crippen LogP contribution >= 0.6 is 0 Å². The highest BCUT2D eigenvalue weighted by Gasteiger charge is 2.42. The molecule has 1 N–H and O–H groups in total. The lowest BCUT2D eigenvalue weighted by Crippen LogP contribution is -2.40. The summed E-state index contributed by atoms with van der Waals surface area (Å²) in [5.41, 5.74) is -1.25. The Bertz CT molecular complexity index is 795. The summed E-state index contributed by atoms with van der Waals surface area (Å²) in [5, 5.41) is 10.6. The largest absolute Gasteiger partial charge is 0.491 e. The summed E-state index contributed by atoms with van der Waals surface area (Å²) in [4.78, 5) is 0.0112. The van der Waals surface area contributed by atoms with E-state index in [1.54, 1.807) is 12.1 Å². The van der Waals surface area contributed by atoms with Gasteiger partial charge in [-0.3, -0.25) is 0 Å².